The topological polar surface area (TPSA) is 47.6 Å². The summed E-state index contributed by atoms with van der Waals surface area (Å²) in [6.07, 6.45) is 1.52. The molecule has 7 heteroatoms. The number of benzene rings is 2. The fourth-order valence-corrected chi connectivity index (χ4v) is 4.13. The second-order valence-corrected chi connectivity index (χ2v) is 8.69. The molecule has 0 unspecified atom stereocenters. The molecule has 0 saturated heterocycles. The summed E-state index contributed by atoms with van der Waals surface area (Å²) in [5.41, 5.74) is 1.04. The third-order valence-electron chi connectivity index (χ3n) is 4.19. The molecule has 0 aromatic heterocycles. The van der Waals surface area contributed by atoms with Gasteiger partial charge in [-0.3, -0.25) is 5.32 Å². The van der Waals surface area contributed by atoms with E-state index in [1.54, 1.807) is 11.8 Å². The van der Waals surface area contributed by atoms with Crippen LogP contribution in [0.4, 0.5) is 10.5 Å². The van der Waals surface area contributed by atoms with E-state index in [-0.39, 0.29) is 0 Å². The second-order valence-electron chi connectivity index (χ2n) is 6.71. The summed E-state index contributed by atoms with van der Waals surface area (Å²) in [4.78, 5) is 12.8. The number of rotatable bonds is 7. The van der Waals surface area contributed by atoms with E-state index in [9.17, 15) is 4.79 Å². The molecule has 1 N–H and O–H groups in total. The van der Waals surface area contributed by atoms with E-state index in [0.717, 1.165) is 40.5 Å². The lowest BCUT2D eigenvalue weighted by Gasteiger charge is -2.32. The van der Waals surface area contributed by atoms with Crippen molar-refractivity contribution in [1.29, 1.82) is 0 Å². The lowest BCUT2D eigenvalue weighted by molar-refractivity contribution is 0.0420. The van der Waals surface area contributed by atoms with Crippen LogP contribution in [0.5, 0.6) is 5.75 Å². The standard InChI is InChI=1S/C20H21Cl2NO3S/c1-20(2)15-7-5-13(11-18(15)23-19(24)26-20)25-9-3-4-10-27-14-6-8-16(21)17(22)12-14/h5-8,11-12H,3-4,9-10H2,1-2H3,(H,23,24). The van der Waals surface area contributed by atoms with Gasteiger partial charge in [0.2, 0.25) is 0 Å². The first-order valence-corrected chi connectivity index (χ1v) is 10.4. The molecule has 0 bridgehead atoms. The number of ether oxygens (including phenoxy) is 2. The molecule has 27 heavy (non-hydrogen) atoms. The first-order chi connectivity index (χ1) is 12.8. The van der Waals surface area contributed by atoms with Crippen LogP contribution in [0.25, 0.3) is 0 Å². The Labute approximate surface area is 173 Å². The Hall–Kier alpha value is -1.56. The molecule has 1 heterocycles. The number of unbranched alkanes of at least 4 members (excludes halogenated alkanes) is 1. The minimum Gasteiger partial charge on any atom is -0.494 e. The van der Waals surface area contributed by atoms with E-state index >= 15 is 0 Å². The number of carbonyl (C=O) groups is 1. The largest absolute Gasteiger partial charge is 0.494 e. The summed E-state index contributed by atoms with van der Waals surface area (Å²) in [6.45, 7) is 4.36. The van der Waals surface area contributed by atoms with E-state index in [1.165, 1.54) is 0 Å². The zero-order valence-corrected chi connectivity index (χ0v) is 17.5. The average Bonchev–Trinajstić information content (AvgIpc) is 2.59. The molecule has 2 aromatic carbocycles. The highest BCUT2D eigenvalue weighted by Crippen LogP contribution is 2.37. The van der Waals surface area contributed by atoms with E-state index in [1.807, 2.05) is 50.2 Å². The smallest absolute Gasteiger partial charge is 0.412 e. The van der Waals surface area contributed by atoms with Gasteiger partial charge in [-0.2, -0.15) is 0 Å². The molecule has 0 radical (unpaired) electrons. The fourth-order valence-electron chi connectivity index (χ4n) is 2.81. The van der Waals surface area contributed by atoms with Crippen LogP contribution in [0.3, 0.4) is 0 Å². The molecule has 0 atom stereocenters. The van der Waals surface area contributed by atoms with E-state index in [0.29, 0.717) is 16.7 Å². The van der Waals surface area contributed by atoms with Gasteiger partial charge >= 0.3 is 6.09 Å². The Morgan fingerprint density at radius 3 is 2.70 bits per heavy atom. The highest BCUT2D eigenvalue weighted by atomic mass is 35.5. The van der Waals surface area contributed by atoms with Gasteiger partial charge in [-0.25, -0.2) is 4.79 Å². The molecule has 0 aliphatic carbocycles. The van der Waals surface area contributed by atoms with Gasteiger partial charge in [-0.15, -0.1) is 11.8 Å². The minimum atomic E-state index is -0.641. The molecule has 1 amide bonds. The van der Waals surface area contributed by atoms with Gasteiger partial charge in [-0.1, -0.05) is 23.2 Å². The molecule has 4 nitrogen and oxygen atoms in total. The highest BCUT2D eigenvalue weighted by molar-refractivity contribution is 7.99. The maximum Gasteiger partial charge on any atom is 0.412 e. The zero-order valence-electron chi connectivity index (χ0n) is 15.2. The van der Waals surface area contributed by atoms with Crippen molar-refractivity contribution < 1.29 is 14.3 Å². The first-order valence-electron chi connectivity index (χ1n) is 8.70. The van der Waals surface area contributed by atoms with E-state index < -0.39 is 11.7 Å². The molecular weight excluding hydrogens is 405 g/mol. The molecule has 144 valence electrons. The zero-order chi connectivity index (χ0) is 19.4. The molecule has 1 aliphatic heterocycles. The number of fused-ring (bicyclic) bond motifs is 1. The van der Waals surface area contributed by atoms with Gasteiger partial charge in [0.05, 0.1) is 22.3 Å². The van der Waals surface area contributed by atoms with Crippen LogP contribution in [0.15, 0.2) is 41.3 Å². The Morgan fingerprint density at radius 2 is 1.93 bits per heavy atom. The number of halogens is 2. The fraction of sp³-hybridized carbons (Fsp3) is 0.350. The minimum absolute atomic E-state index is 0.441. The molecule has 0 spiro atoms. The van der Waals surface area contributed by atoms with Crippen LogP contribution >= 0.6 is 35.0 Å². The van der Waals surface area contributed by atoms with Crippen LogP contribution in [0, 0.1) is 0 Å². The van der Waals surface area contributed by atoms with Crippen molar-refractivity contribution in [1.82, 2.24) is 0 Å². The number of carbonyl (C=O) groups excluding carboxylic acids is 1. The normalized spacial score (nSPS) is 14.9. The Bertz CT molecular complexity index is 842. The molecule has 1 aliphatic rings. The number of hydrogen-bond acceptors (Lipinski definition) is 4. The summed E-state index contributed by atoms with van der Waals surface area (Å²) in [6, 6.07) is 11.4. The predicted octanol–water partition coefficient (Wildman–Crippen LogP) is 6.74. The van der Waals surface area contributed by atoms with Crippen LogP contribution < -0.4 is 10.1 Å². The third-order valence-corrected chi connectivity index (χ3v) is 6.01. The summed E-state index contributed by atoms with van der Waals surface area (Å²) in [5.74, 6) is 1.72. The third kappa shape index (κ3) is 5.24. The maximum absolute atomic E-state index is 11.6. The summed E-state index contributed by atoms with van der Waals surface area (Å²) in [5, 5.41) is 3.88. The van der Waals surface area contributed by atoms with Crippen molar-refractivity contribution in [3.63, 3.8) is 0 Å². The lowest BCUT2D eigenvalue weighted by atomic mass is 9.95. The van der Waals surface area contributed by atoms with Crippen molar-refractivity contribution in [3.05, 3.63) is 52.0 Å². The lowest BCUT2D eigenvalue weighted by Crippen LogP contribution is -2.34. The van der Waals surface area contributed by atoms with Crippen molar-refractivity contribution in [3.8, 4) is 5.75 Å². The van der Waals surface area contributed by atoms with Gasteiger partial charge in [0.25, 0.3) is 0 Å². The quantitative estimate of drug-likeness (QED) is 0.393. The van der Waals surface area contributed by atoms with Crippen molar-refractivity contribution in [2.75, 3.05) is 17.7 Å². The van der Waals surface area contributed by atoms with E-state index in [4.69, 9.17) is 32.7 Å². The van der Waals surface area contributed by atoms with Gasteiger partial charge in [0, 0.05) is 16.5 Å². The number of nitrogens with one attached hydrogen (secondary N) is 1. The summed E-state index contributed by atoms with van der Waals surface area (Å²) in [7, 11) is 0. The van der Waals surface area contributed by atoms with Gasteiger partial charge in [0.1, 0.15) is 11.4 Å². The van der Waals surface area contributed by atoms with Gasteiger partial charge in [0.15, 0.2) is 0 Å². The van der Waals surface area contributed by atoms with Crippen molar-refractivity contribution >= 4 is 46.7 Å². The molecule has 0 fully saturated rings. The molecular formula is C20H21Cl2NO3S. The number of thioether (sulfide) groups is 1. The Balaban J connectivity index is 1.44. The Kier molecular flexibility index (Phi) is 6.45. The SMILES string of the molecule is CC1(C)OC(=O)Nc2cc(OCCCCSc3ccc(Cl)c(Cl)c3)ccc21. The number of hydrogen-bond donors (Lipinski definition) is 1. The first kappa shape index (κ1) is 20.2. The number of amides is 1. The predicted molar refractivity (Wildman–Crippen MR) is 111 cm³/mol. The monoisotopic (exact) mass is 425 g/mol. The highest BCUT2D eigenvalue weighted by Gasteiger charge is 2.33. The molecule has 3 rings (SSSR count). The summed E-state index contributed by atoms with van der Waals surface area (Å²) >= 11 is 13.7. The maximum atomic E-state index is 11.6. The number of cyclic esters (lactones) is 1. The number of anilines is 1. The van der Waals surface area contributed by atoms with Crippen LogP contribution in [-0.4, -0.2) is 18.5 Å². The van der Waals surface area contributed by atoms with Gasteiger partial charge < -0.3 is 9.47 Å². The molecule has 2 aromatic rings. The van der Waals surface area contributed by atoms with Gasteiger partial charge in [-0.05, 0) is 62.8 Å². The Morgan fingerprint density at radius 1 is 1.11 bits per heavy atom. The van der Waals surface area contributed by atoms with Crippen molar-refractivity contribution in [2.24, 2.45) is 0 Å². The van der Waals surface area contributed by atoms with Crippen molar-refractivity contribution in [2.45, 2.75) is 37.2 Å². The average molecular weight is 426 g/mol. The summed E-state index contributed by atoms with van der Waals surface area (Å²) < 4.78 is 11.1. The molecule has 0 saturated carbocycles. The van der Waals surface area contributed by atoms with E-state index in [2.05, 4.69) is 5.32 Å². The van der Waals surface area contributed by atoms with Crippen LogP contribution in [0.1, 0.15) is 32.3 Å². The van der Waals surface area contributed by atoms with Crippen LogP contribution in [0.2, 0.25) is 10.0 Å². The van der Waals surface area contributed by atoms with Crippen LogP contribution in [-0.2, 0) is 10.3 Å². The second kappa shape index (κ2) is 8.63.